The van der Waals surface area contributed by atoms with Gasteiger partial charge in [0.1, 0.15) is 5.69 Å². The van der Waals surface area contributed by atoms with Gasteiger partial charge in [-0.25, -0.2) is 0 Å². The number of aromatic nitrogens is 3. The maximum Gasteiger partial charge on any atom is 0.305 e. The van der Waals surface area contributed by atoms with Crippen LogP contribution in [-0.2, 0) is 17.9 Å². The molecule has 0 aliphatic carbocycles. The summed E-state index contributed by atoms with van der Waals surface area (Å²) in [7, 11) is 0. The molecule has 1 aliphatic rings. The highest BCUT2D eigenvalue weighted by molar-refractivity contribution is 5.92. The van der Waals surface area contributed by atoms with Gasteiger partial charge in [0.05, 0.1) is 18.7 Å². The van der Waals surface area contributed by atoms with Gasteiger partial charge in [0, 0.05) is 45.1 Å². The van der Waals surface area contributed by atoms with Crippen LogP contribution in [0.2, 0.25) is 0 Å². The number of piperazine rings is 1. The predicted octanol–water partition coefficient (Wildman–Crippen LogP) is 0.711. The van der Waals surface area contributed by atoms with Crippen LogP contribution in [0.25, 0.3) is 0 Å². The number of amides is 1. The number of aryl methyl sites for hydroxylation is 1. The quantitative estimate of drug-likeness (QED) is 0.831. The monoisotopic (exact) mass is 343 g/mol. The van der Waals surface area contributed by atoms with Crippen LogP contribution in [-0.4, -0.2) is 67.7 Å². The van der Waals surface area contributed by atoms with Crippen LogP contribution in [0.1, 0.15) is 22.6 Å². The molecule has 1 fully saturated rings. The van der Waals surface area contributed by atoms with Crippen molar-refractivity contribution in [2.75, 3.05) is 26.2 Å². The third-order valence-electron chi connectivity index (χ3n) is 4.19. The van der Waals surface area contributed by atoms with Crippen molar-refractivity contribution in [3.8, 4) is 0 Å². The molecule has 2 aromatic heterocycles. The summed E-state index contributed by atoms with van der Waals surface area (Å²) in [6.07, 6.45) is 3.42. The van der Waals surface area contributed by atoms with Crippen LogP contribution < -0.4 is 0 Å². The molecule has 0 radical (unpaired) electrons. The summed E-state index contributed by atoms with van der Waals surface area (Å²) in [5.74, 6) is -0.987. The Morgan fingerprint density at radius 3 is 2.60 bits per heavy atom. The van der Waals surface area contributed by atoms with Gasteiger partial charge >= 0.3 is 5.97 Å². The lowest BCUT2D eigenvalue weighted by Gasteiger charge is -2.34. The highest BCUT2D eigenvalue weighted by Gasteiger charge is 2.23. The van der Waals surface area contributed by atoms with E-state index in [1.807, 2.05) is 18.2 Å². The fraction of sp³-hybridized carbons (Fsp3) is 0.412. The van der Waals surface area contributed by atoms with E-state index >= 15 is 0 Å². The van der Waals surface area contributed by atoms with Gasteiger partial charge in [-0.15, -0.1) is 0 Å². The second-order valence-corrected chi connectivity index (χ2v) is 6.00. The van der Waals surface area contributed by atoms with Crippen LogP contribution in [0.3, 0.4) is 0 Å². The summed E-state index contributed by atoms with van der Waals surface area (Å²) in [4.78, 5) is 31.5. The number of aliphatic carboxylic acids is 1. The van der Waals surface area contributed by atoms with Crippen molar-refractivity contribution in [3.05, 3.63) is 48.0 Å². The zero-order chi connectivity index (χ0) is 17.6. The van der Waals surface area contributed by atoms with Gasteiger partial charge < -0.3 is 10.0 Å². The van der Waals surface area contributed by atoms with Crippen LogP contribution in [0.5, 0.6) is 0 Å². The predicted molar refractivity (Wildman–Crippen MR) is 89.9 cm³/mol. The standard InChI is InChI=1S/C17H21N5O3/c23-16(24)5-8-22-7-4-15(19-22)17(25)21-11-9-20(10-12-21)13-14-3-1-2-6-18-14/h1-4,6-7H,5,8-13H2,(H,23,24). The lowest BCUT2D eigenvalue weighted by molar-refractivity contribution is -0.137. The minimum absolute atomic E-state index is 0.0124. The van der Waals surface area contributed by atoms with Crippen LogP contribution in [0.4, 0.5) is 0 Å². The number of rotatable bonds is 6. The van der Waals surface area contributed by atoms with Crippen molar-refractivity contribution in [2.45, 2.75) is 19.5 Å². The van der Waals surface area contributed by atoms with Gasteiger partial charge in [-0.05, 0) is 18.2 Å². The Labute approximate surface area is 145 Å². The Balaban J connectivity index is 1.50. The average molecular weight is 343 g/mol. The fourth-order valence-electron chi connectivity index (χ4n) is 2.80. The normalized spacial score (nSPS) is 15.3. The van der Waals surface area contributed by atoms with Gasteiger partial charge in [0.15, 0.2) is 0 Å². The Morgan fingerprint density at radius 1 is 1.12 bits per heavy atom. The smallest absolute Gasteiger partial charge is 0.305 e. The molecule has 25 heavy (non-hydrogen) atoms. The zero-order valence-corrected chi connectivity index (χ0v) is 13.9. The third kappa shape index (κ3) is 4.63. The molecule has 1 aliphatic heterocycles. The van der Waals surface area contributed by atoms with Crippen LogP contribution >= 0.6 is 0 Å². The van der Waals surface area contributed by atoms with E-state index in [4.69, 9.17) is 5.11 Å². The van der Waals surface area contributed by atoms with Gasteiger partial charge in [-0.1, -0.05) is 6.07 Å². The molecule has 1 N–H and O–H groups in total. The lowest BCUT2D eigenvalue weighted by Crippen LogP contribution is -2.48. The molecule has 0 bridgehead atoms. The van der Waals surface area contributed by atoms with Gasteiger partial charge in [-0.2, -0.15) is 5.10 Å². The molecule has 132 valence electrons. The van der Waals surface area contributed by atoms with E-state index in [-0.39, 0.29) is 18.9 Å². The Bertz CT molecular complexity index is 723. The van der Waals surface area contributed by atoms with Crippen molar-refractivity contribution in [1.82, 2.24) is 24.6 Å². The molecule has 1 saturated heterocycles. The molecule has 0 aromatic carbocycles. The minimum Gasteiger partial charge on any atom is -0.481 e. The first-order valence-electron chi connectivity index (χ1n) is 8.28. The maximum atomic E-state index is 12.5. The van der Waals surface area contributed by atoms with E-state index in [1.165, 1.54) is 4.68 Å². The molecule has 3 heterocycles. The number of carboxylic acids is 1. The summed E-state index contributed by atoms with van der Waals surface area (Å²) >= 11 is 0. The molecule has 2 aromatic rings. The molecule has 0 saturated carbocycles. The highest BCUT2D eigenvalue weighted by Crippen LogP contribution is 2.10. The summed E-state index contributed by atoms with van der Waals surface area (Å²) in [5.41, 5.74) is 1.39. The number of carbonyl (C=O) groups excluding carboxylic acids is 1. The van der Waals surface area contributed by atoms with Crippen molar-refractivity contribution in [1.29, 1.82) is 0 Å². The van der Waals surface area contributed by atoms with E-state index in [2.05, 4.69) is 15.0 Å². The number of carbonyl (C=O) groups is 2. The molecule has 0 unspecified atom stereocenters. The average Bonchev–Trinajstić information content (AvgIpc) is 3.10. The summed E-state index contributed by atoms with van der Waals surface area (Å²) in [6.45, 7) is 3.93. The fourth-order valence-corrected chi connectivity index (χ4v) is 2.80. The van der Waals surface area contributed by atoms with E-state index < -0.39 is 5.97 Å². The number of carboxylic acid groups (broad SMARTS) is 1. The second kappa shape index (κ2) is 7.89. The van der Waals surface area contributed by atoms with Crippen LogP contribution in [0.15, 0.2) is 36.7 Å². The minimum atomic E-state index is -0.882. The molecular weight excluding hydrogens is 322 g/mol. The molecule has 0 atom stereocenters. The first-order valence-corrected chi connectivity index (χ1v) is 8.28. The third-order valence-corrected chi connectivity index (χ3v) is 4.19. The van der Waals surface area contributed by atoms with Crippen molar-refractivity contribution >= 4 is 11.9 Å². The van der Waals surface area contributed by atoms with Gasteiger partial charge in [-0.3, -0.25) is 24.2 Å². The van der Waals surface area contributed by atoms with Crippen molar-refractivity contribution in [2.24, 2.45) is 0 Å². The van der Waals surface area contributed by atoms with Crippen LogP contribution in [0, 0.1) is 0 Å². The van der Waals surface area contributed by atoms with E-state index in [0.717, 1.165) is 25.3 Å². The molecule has 3 rings (SSSR count). The van der Waals surface area contributed by atoms with E-state index in [0.29, 0.717) is 18.8 Å². The van der Waals surface area contributed by atoms with E-state index in [9.17, 15) is 9.59 Å². The summed E-state index contributed by atoms with van der Waals surface area (Å²) in [6, 6.07) is 7.52. The second-order valence-electron chi connectivity index (χ2n) is 6.00. The van der Waals surface area contributed by atoms with Crippen molar-refractivity contribution in [3.63, 3.8) is 0 Å². The maximum absolute atomic E-state index is 12.5. The number of nitrogens with zero attached hydrogens (tertiary/aromatic N) is 5. The Morgan fingerprint density at radius 2 is 1.92 bits per heavy atom. The largest absolute Gasteiger partial charge is 0.481 e. The van der Waals surface area contributed by atoms with Gasteiger partial charge in [0.25, 0.3) is 5.91 Å². The number of pyridine rings is 1. The Hall–Kier alpha value is -2.74. The van der Waals surface area contributed by atoms with E-state index in [1.54, 1.807) is 23.4 Å². The number of hydrogen-bond donors (Lipinski definition) is 1. The molecule has 1 amide bonds. The molecule has 0 spiro atoms. The molecule has 8 nitrogen and oxygen atoms in total. The summed E-state index contributed by atoms with van der Waals surface area (Å²) in [5, 5.41) is 12.9. The topological polar surface area (TPSA) is 91.6 Å². The first kappa shape index (κ1) is 17.1. The SMILES string of the molecule is O=C(O)CCn1ccc(C(=O)N2CCN(Cc3ccccn3)CC2)n1. The Kier molecular flexibility index (Phi) is 5.39. The number of hydrogen-bond acceptors (Lipinski definition) is 5. The lowest BCUT2D eigenvalue weighted by atomic mass is 10.2. The zero-order valence-electron chi connectivity index (χ0n) is 13.9. The summed E-state index contributed by atoms with van der Waals surface area (Å²) < 4.78 is 1.50. The van der Waals surface area contributed by atoms with Gasteiger partial charge in [0.2, 0.25) is 0 Å². The van der Waals surface area contributed by atoms with Crippen molar-refractivity contribution < 1.29 is 14.7 Å². The molecular formula is C17H21N5O3. The highest BCUT2D eigenvalue weighted by atomic mass is 16.4. The first-order chi connectivity index (χ1) is 12.1. The molecule has 8 heteroatoms.